The number of phenols is 1. The lowest BCUT2D eigenvalue weighted by Gasteiger charge is -2.09. The third-order valence-electron chi connectivity index (χ3n) is 2.85. The van der Waals surface area contributed by atoms with Crippen LogP contribution < -0.4 is 5.32 Å². The highest BCUT2D eigenvalue weighted by Crippen LogP contribution is 2.33. The summed E-state index contributed by atoms with van der Waals surface area (Å²) in [5.41, 5.74) is 0.575. The highest BCUT2D eigenvalue weighted by molar-refractivity contribution is 6.07. The lowest BCUT2D eigenvalue weighted by Crippen LogP contribution is -2.14. The number of amides is 1. The quantitative estimate of drug-likeness (QED) is 0.510. The molecule has 0 fully saturated rings. The van der Waals surface area contributed by atoms with Crippen molar-refractivity contribution in [1.29, 1.82) is 0 Å². The van der Waals surface area contributed by atoms with E-state index in [4.69, 9.17) is 0 Å². The number of anilines is 1. The molecule has 0 heterocycles. The molecule has 6 nitrogen and oxygen atoms in total. The summed E-state index contributed by atoms with van der Waals surface area (Å²) in [6.07, 6.45) is 0. The van der Waals surface area contributed by atoms with Gasteiger partial charge in [0, 0.05) is 11.6 Å². The first-order chi connectivity index (χ1) is 9.50. The number of nitro groups is 1. The Morgan fingerprint density at radius 1 is 1.20 bits per heavy atom. The van der Waals surface area contributed by atoms with E-state index in [1.165, 1.54) is 18.2 Å². The highest BCUT2D eigenvalue weighted by Gasteiger charge is 2.20. The van der Waals surface area contributed by atoms with Crippen LogP contribution in [0.1, 0.15) is 15.9 Å². The summed E-state index contributed by atoms with van der Waals surface area (Å²) < 4.78 is 0. The predicted octanol–water partition coefficient (Wildman–Crippen LogP) is 2.86. The van der Waals surface area contributed by atoms with Crippen LogP contribution in [0.3, 0.4) is 0 Å². The number of para-hydroxylation sites is 1. The van der Waals surface area contributed by atoms with Crippen LogP contribution in [0.4, 0.5) is 11.4 Å². The Balaban J connectivity index is 2.38. The van der Waals surface area contributed by atoms with Crippen LogP contribution in [0.5, 0.6) is 5.75 Å². The van der Waals surface area contributed by atoms with Crippen LogP contribution in [0.2, 0.25) is 0 Å². The van der Waals surface area contributed by atoms with Crippen molar-refractivity contribution in [3.05, 3.63) is 63.7 Å². The molecule has 2 aromatic carbocycles. The van der Waals surface area contributed by atoms with Gasteiger partial charge < -0.3 is 10.4 Å². The van der Waals surface area contributed by atoms with E-state index in [9.17, 15) is 20.0 Å². The third-order valence-corrected chi connectivity index (χ3v) is 2.85. The molecule has 2 N–H and O–H groups in total. The van der Waals surface area contributed by atoms with Gasteiger partial charge in [0.15, 0.2) is 5.69 Å². The molecule has 102 valence electrons. The molecule has 0 bridgehead atoms. The summed E-state index contributed by atoms with van der Waals surface area (Å²) in [5.74, 6) is -0.853. The molecule has 0 atom stereocenters. The summed E-state index contributed by atoms with van der Waals surface area (Å²) in [7, 11) is 0. The van der Waals surface area contributed by atoms with Gasteiger partial charge in [-0.15, -0.1) is 0 Å². The largest absolute Gasteiger partial charge is 0.505 e. The molecule has 0 aliphatic carbocycles. The van der Waals surface area contributed by atoms with Gasteiger partial charge in [0.05, 0.1) is 4.92 Å². The molecule has 1 amide bonds. The molecule has 0 saturated heterocycles. The van der Waals surface area contributed by atoms with E-state index in [1.54, 1.807) is 31.2 Å². The minimum atomic E-state index is -0.660. The Morgan fingerprint density at radius 2 is 1.90 bits per heavy atom. The highest BCUT2D eigenvalue weighted by atomic mass is 16.6. The van der Waals surface area contributed by atoms with Crippen molar-refractivity contribution >= 4 is 17.3 Å². The minimum Gasteiger partial charge on any atom is -0.505 e. The van der Waals surface area contributed by atoms with E-state index >= 15 is 0 Å². The molecule has 0 unspecified atom stereocenters. The van der Waals surface area contributed by atoms with Crippen molar-refractivity contribution in [1.82, 2.24) is 0 Å². The van der Waals surface area contributed by atoms with Crippen molar-refractivity contribution < 1.29 is 14.8 Å². The predicted molar refractivity (Wildman–Crippen MR) is 73.9 cm³/mol. The molecular formula is C14H12N2O4. The van der Waals surface area contributed by atoms with Gasteiger partial charge in [-0.25, -0.2) is 0 Å². The molecule has 0 saturated carbocycles. The molecular weight excluding hydrogens is 260 g/mol. The Bertz CT molecular complexity index is 683. The fourth-order valence-corrected chi connectivity index (χ4v) is 1.82. The van der Waals surface area contributed by atoms with Gasteiger partial charge in [-0.3, -0.25) is 14.9 Å². The lowest BCUT2D eigenvalue weighted by atomic mass is 10.1. The number of carbonyl (C=O) groups excluding carboxylic acids is 1. The van der Waals surface area contributed by atoms with Gasteiger partial charge in [0.25, 0.3) is 11.6 Å². The first kappa shape index (κ1) is 13.5. The number of nitrogens with one attached hydrogen (secondary N) is 1. The van der Waals surface area contributed by atoms with Crippen molar-refractivity contribution in [3.8, 4) is 5.75 Å². The second-order valence-electron chi connectivity index (χ2n) is 4.20. The minimum absolute atomic E-state index is 0.203. The van der Waals surface area contributed by atoms with Crippen molar-refractivity contribution in [2.75, 3.05) is 5.32 Å². The van der Waals surface area contributed by atoms with Gasteiger partial charge in [0.1, 0.15) is 5.75 Å². The van der Waals surface area contributed by atoms with Crippen molar-refractivity contribution in [2.24, 2.45) is 0 Å². The monoisotopic (exact) mass is 272 g/mol. The van der Waals surface area contributed by atoms with E-state index in [0.29, 0.717) is 5.56 Å². The smallest absolute Gasteiger partial charge is 0.296 e. The van der Waals surface area contributed by atoms with Crippen LogP contribution in [-0.4, -0.2) is 15.9 Å². The second kappa shape index (κ2) is 5.40. The van der Waals surface area contributed by atoms with E-state index in [1.807, 2.05) is 0 Å². The van der Waals surface area contributed by atoms with E-state index in [2.05, 4.69) is 5.32 Å². The van der Waals surface area contributed by atoms with Gasteiger partial charge in [0.2, 0.25) is 0 Å². The summed E-state index contributed by atoms with van der Waals surface area (Å²) in [4.78, 5) is 22.4. The number of nitrogens with zero attached hydrogens (tertiary/aromatic N) is 1. The number of hydrogen-bond donors (Lipinski definition) is 2. The lowest BCUT2D eigenvalue weighted by molar-refractivity contribution is -0.384. The molecule has 2 aromatic rings. The average Bonchev–Trinajstić information content (AvgIpc) is 2.41. The first-order valence-corrected chi connectivity index (χ1v) is 5.84. The van der Waals surface area contributed by atoms with Crippen molar-refractivity contribution in [2.45, 2.75) is 6.92 Å². The summed E-state index contributed by atoms with van der Waals surface area (Å²) in [5, 5.41) is 23.0. The maximum Gasteiger partial charge on any atom is 0.296 e. The van der Waals surface area contributed by atoms with E-state index in [-0.39, 0.29) is 17.1 Å². The standard InChI is InChI=1S/C14H12N2O4/c1-9-5-2-3-6-10(9)14(18)15-13-11(16(19)20)7-4-8-12(13)17/h2-8,17H,1H3,(H,15,18). The number of phenolic OH excluding ortho intramolecular Hbond substituents is 1. The molecule has 0 spiro atoms. The number of aromatic hydroxyl groups is 1. The topological polar surface area (TPSA) is 92.5 Å². The fourth-order valence-electron chi connectivity index (χ4n) is 1.82. The Labute approximate surface area is 114 Å². The van der Waals surface area contributed by atoms with Gasteiger partial charge in [-0.05, 0) is 24.6 Å². The van der Waals surface area contributed by atoms with Crippen LogP contribution in [-0.2, 0) is 0 Å². The summed E-state index contributed by atoms with van der Waals surface area (Å²) in [6.45, 7) is 1.76. The van der Waals surface area contributed by atoms with E-state index in [0.717, 1.165) is 5.56 Å². The number of hydrogen-bond acceptors (Lipinski definition) is 4. The maximum atomic E-state index is 12.1. The summed E-state index contributed by atoms with van der Waals surface area (Å²) in [6, 6.07) is 10.7. The number of benzene rings is 2. The van der Waals surface area contributed by atoms with Crippen LogP contribution in [0.15, 0.2) is 42.5 Å². The zero-order valence-corrected chi connectivity index (χ0v) is 10.7. The van der Waals surface area contributed by atoms with Crippen LogP contribution >= 0.6 is 0 Å². The molecule has 0 radical (unpaired) electrons. The molecule has 6 heteroatoms. The Kier molecular flexibility index (Phi) is 3.65. The summed E-state index contributed by atoms with van der Waals surface area (Å²) >= 11 is 0. The molecule has 0 aliphatic heterocycles. The number of carbonyl (C=O) groups is 1. The number of aryl methyl sites for hydroxylation is 1. The normalized spacial score (nSPS) is 10.1. The number of rotatable bonds is 3. The third kappa shape index (κ3) is 2.59. The van der Waals surface area contributed by atoms with Crippen LogP contribution in [0.25, 0.3) is 0 Å². The first-order valence-electron chi connectivity index (χ1n) is 5.84. The average molecular weight is 272 g/mol. The van der Waals surface area contributed by atoms with Gasteiger partial charge in [-0.2, -0.15) is 0 Å². The molecule has 0 aromatic heterocycles. The maximum absolute atomic E-state index is 12.1. The van der Waals surface area contributed by atoms with Gasteiger partial charge >= 0.3 is 0 Å². The van der Waals surface area contributed by atoms with E-state index < -0.39 is 10.8 Å². The van der Waals surface area contributed by atoms with Crippen molar-refractivity contribution in [3.63, 3.8) is 0 Å². The SMILES string of the molecule is Cc1ccccc1C(=O)Nc1c(O)cccc1[N+](=O)[O-]. The zero-order chi connectivity index (χ0) is 14.7. The zero-order valence-electron chi connectivity index (χ0n) is 10.7. The Hall–Kier alpha value is -2.89. The molecule has 2 rings (SSSR count). The van der Waals surface area contributed by atoms with Gasteiger partial charge in [-0.1, -0.05) is 24.3 Å². The number of nitro benzene ring substituents is 1. The van der Waals surface area contributed by atoms with Crippen LogP contribution in [0, 0.1) is 17.0 Å². The Morgan fingerprint density at radius 3 is 2.55 bits per heavy atom. The molecule has 20 heavy (non-hydrogen) atoms. The fraction of sp³-hybridized carbons (Fsp3) is 0.0714. The second-order valence-corrected chi connectivity index (χ2v) is 4.20. The molecule has 0 aliphatic rings.